The molecule has 1 heteroatoms. The van der Waals surface area contributed by atoms with Crippen molar-refractivity contribution in [3.63, 3.8) is 0 Å². The van der Waals surface area contributed by atoms with E-state index in [1.165, 1.54) is 16.7 Å². The summed E-state index contributed by atoms with van der Waals surface area (Å²) in [7, 11) is 0. The maximum atomic E-state index is 9.88. The van der Waals surface area contributed by atoms with E-state index in [4.69, 9.17) is 0 Å². The molecule has 0 aliphatic rings. The molecule has 0 heterocycles. The first-order chi connectivity index (χ1) is 6.00. The predicted octanol–water partition coefficient (Wildman–Crippen LogP) is 3.19. The van der Waals surface area contributed by atoms with Gasteiger partial charge in [0.2, 0.25) is 0 Å². The zero-order chi connectivity index (χ0) is 10.2. The Bertz CT molecular complexity index is 308. The van der Waals surface area contributed by atoms with Gasteiger partial charge in [0.15, 0.2) is 0 Å². The van der Waals surface area contributed by atoms with Crippen molar-refractivity contribution in [3.8, 4) is 5.75 Å². The van der Waals surface area contributed by atoms with Gasteiger partial charge in [0, 0.05) is 0 Å². The van der Waals surface area contributed by atoms with Gasteiger partial charge in [-0.2, -0.15) is 0 Å². The van der Waals surface area contributed by atoms with E-state index in [1.54, 1.807) is 0 Å². The second-order valence-electron chi connectivity index (χ2n) is 3.68. The van der Waals surface area contributed by atoms with Crippen LogP contribution in [0, 0.1) is 27.7 Å². The van der Waals surface area contributed by atoms with Crippen molar-refractivity contribution in [1.82, 2.24) is 0 Å². The molecule has 1 N–H and O–H groups in total. The van der Waals surface area contributed by atoms with Crippen molar-refractivity contribution in [2.24, 2.45) is 0 Å². The van der Waals surface area contributed by atoms with E-state index >= 15 is 0 Å². The van der Waals surface area contributed by atoms with Crippen molar-refractivity contribution >= 4 is 0 Å². The van der Waals surface area contributed by atoms with Crippen LogP contribution in [-0.2, 0) is 6.42 Å². The average Bonchev–Trinajstić information content (AvgIpc) is 2.13. The summed E-state index contributed by atoms with van der Waals surface area (Å²) in [6.45, 7) is 10.3. The molecule has 0 aliphatic carbocycles. The molecule has 0 aromatic heterocycles. The second-order valence-corrected chi connectivity index (χ2v) is 3.68. The lowest BCUT2D eigenvalue weighted by molar-refractivity contribution is 0.463. The van der Waals surface area contributed by atoms with E-state index in [0.717, 1.165) is 17.5 Å². The first kappa shape index (κ1) is 10.1. The molecule has 0 saturated carbocycles. The summed E-state index contributed by atoms with van der Waals surface area (Å²) in [5.74, 6) is 0.489. The quantitative estimate of drug-likeness (QED) is 0.700. The minimum absolute atomic E-state index is 0.489. The predicted molar refractivity (Wildman–Crippen MR) is 56.4 cm³/mol. The molecule has 0 fully saturated rings. The summed E-state index contributed by atoms with van der Waals surface area (Å²) in [5, 5.41) is 9.88. The lowest BCUT2D eigenvalue weighted by Crippen LogP contribution is -1.98. The minimum atomic E-state index is 0.489. The third-order valence-corrected chi connectivity index (χ3v) is 3.13. The van der Waals surface area contributed by atoms with Gasteiger partial charge < -0.3 is 5.11 Å². The van der Waals surface area contributed by atoms with E-state index in [1.807, 2.05) is 6.92 Å². The fourth-order valence-electron chi connectivity index (χ4n) is 1.80. The zero-order valence-electron chi connectivity index (χ0n) is 9.15. The third kappa shape index (κ3) is 1.43. The van der Waals surface area contributed by atoms with E-state index in [9.17, 15) is 5.11 Å². The monoisotopic (exact) mass is 178 g/mol. The molecule has 1 aromatic rings. The normalized spacial score (nSPS) is 10.5. The second kappa shape index (κ2) is 3.41. The summed E-state index contributed by atoms with van der Waals surface area (Å²) in [6, 6.07) is 0. The van der Waals surface area contributed by atoms with Gasteiger partial charge in [-0.25, -0.2) is 0 Å². The van der Waals surface area contributed by atoms with Crippen LogP contribution in [0.25, 0.3) is 0 Å². The summed E-state index contributed by atoms with van der Waals surface area (Å²) < 4.78 is 0. The lowest BCUT2D eigenvalue weighted by Gasteiger charge is -2.15. The highest BCUT2D eigenvalue weighted by Gasteiger charge is 2.12. The largest absolute Gasteiger partial charge is 0.507 e. The number of rotatable bonds is 1. The maximum absolute atomic E-state index is 9.88. The molecule has 1 rings (SSSR count). The van der Waals surface area contributed by atoms with Gasteiger partial charge in [-0.05, 0) is 61.9 Å². The topological polar surface area (TPSA) is 20.2 Å². The van der Waals surface area contributed by atoms with Crippen molar-refractivity contribution in [3.05, 3.63) is 27.8 Å². The van der Waals surface area contributed by atoms with Crippen LogP contribution in [0.4, 0.5) is 0 Å². The van der Waals surface area contributed by atoms with Gasteiger partial charge in [-0.1, -0.05) is 6.92 Å². The third-order valence-electron chi connectivity index (χ3n) is 3.13. The Labute approximate surface area is 80.4 Å². The lowest BCUT2D eigenvalue weighted by atomic mass is 9.92. The van der Waals surface area contributed by atoms with Gasteiger partial charge in [-0.15, -0.1) is 0 Å². The van der Waals surface area contributed by atoms with Crippen LogP contribution < -0.4 is 0 Å². The van der Waals surface area contributed by atoms with Gasteiger partial charge in [0.25, 0.3) is 0 Å². The highest BCUT2D eigenvalue weighted by molar-refractivity contribution is 5.53. The van der Waals surface area contributed by atoms with Crippen LogP contribution in [0.2, 0.25) is 0 Å². The molecule has 1 aromatic carbocycles. The Morgan fingerprint density at radius 1 is 0.846 bits per heavy atom. The Kier molecular flexibility index (Phi) is 2.65. The Hall–Kier alpha value is -0.980. The smallest absolute Gasteiger partial charge is 0.122 e. The van der Waals surface area contributed by atoms with Crippen LogP contribution in [0.1, 0.15) is 34.7 Å². The average molecular weight is 178 g/mol. The highest BCUT2D eigenvalue weighted by atomic mass is 16.3. The van der Waals surface area contributed by atoms with Crippen LogP contribution >= 0.6 is 0 Å². The molecule has 0 atom stereocenters. The molecule has 1 nitrogen and oxygen atoms in total. The number of aromatic hydroxyl groups is 1. The molecule has 0 bridgehead atoms. The van der Waals surface area contributed by atoms with E-state index in [-0.39, 0.29) is 0 Å². The zero-order valence-corrected chi connectivity index (χ0v) is 9.15. The fourth-order valence-corrected chi connectivity index (χ4v) is 1.80. The molecule has 0 saturated heterocycles. The van der Waals surface area contributed by atoms with E-state index in [0.29, 0.717) is 5.75 Å². The van der Waals surface area contributed by atoms with Crippen molar-refractivity contribution in [2.45, 2.75) is 41.0 Å². The first-order valence-corrected chi connectivity index (χ1v) is 4.78. The first-order valence-electron chi connectivity index (χ1n) is 4.78. The van der Waals surface area contributed by atoms with E-state index in [2.05, 4.69) is 27.7 Å². The SMILES string of the molecule is CCc1c(C)c(C)c(C)c(C)c1O. The molecule has 72 valence electrons. The number of benzene rings is 1. The van der Waals surface area contributed by atoms with Crippen molar-refractivity contribution < 1.29 is 5.11 Å². The summed E-state index contributed by atoms with van der Waals surface area (Å²) in [4.78, 5) is 0. The molecule has 0 amide bonds. The molecular weight excluding hydrogens is 160 g/mol. The fraction of sp³-hybridized carbons (Fsp3) is 0.500. The Morgan fingerprint density at radius 2 is 1.31 bits per heavy atom. The van der Waals surface area contributed by atoms with Gasteiger partial charge >= 0.3 is 0 Å². The van der Waals surface area contributed by atoms with Crippen molar-refractivity contribution in [2.75, 3.05) is 0 Å². The van der Waals surface area contributed by atoms with Gasteiger partial charge in [0.05, 0.1) is 0 Å². The van der Waals surface area contributed by atoms with E-state index < -0.39 is 0 Å². The highest BCUT2D eigenvalue weighted by Crippen LogP contribution is 2.31. The molecule has 0 spiro atoms. The number of hydrogen-bond acceptors (Lipinski definition) is 1. The Balaban J connectivity index is 3.56. The molecule has 0 radical (unpaired) electrons. The number of phenols is 1. The molecular formula is C12H18O. The van der Waals surface area contributed by atoms with Gasteiger partial charge in [0.1, 0.15) is 5.75 Å². The van der Waals surface area contributed by atoms with Crippen LogP contribution in [0.15, 0.2) is 0 Å². The molecule has 0 aliphatic heterocycles. The summed E-state index contributed by atoms with van der Waals surface area (Å²) in [6.07, 6.45) is 0.902. The number of phenolic OH excluding ortho intramolecular Hbond substituents is 1. The Morgan fingerprint density at radius 3 is 1.77 bits per heavy atom. The maximum Gasteiger partial charge on any atom is 0.122 e. The van der Waals surface area contributed by atoms with Crippen molar-refractivity contribution in [1.29, 1.82) is 0 Å². The minimum Gasteiger partial charge on any atom is -0.507 e. The summed E-state index contributed by atoms with van der Waals surface area (Å²) >= 11 is 0. The molecule has 13 heavy (non-hydrogen) atoms. The summed E-state index contributed by atoms with van der Waals surface area (Å²) in [5.41, 5.74) is 5.89. The number of hydrogen-bond donors (Lipinski definition) is 1. The standard InChI is InChI=1S/C12H18O/c1-6-11-9(4)7(2)8(3)10(5)12(11)13/h13H,6H2,1-5H3. The van der Waals surface area contributed by atoms with Crippen LogP contribution in [0.5, 0.6) is 5.75 Å². The molecule has 0 unspecified atom stereocenters. The van der Waals surface area contributed by atoms with Crippen LogP contribution in [-0.4, -0.2) is 5.11 Å². The van der Waals surface area contributed by atoms with Crippen LogP contribution in [0.3, 0.4) is 0 Å². The van der Waals surface area contributed by atoms with Gasteiger partial charge in [-0.3, -0.25) is 0 Å².